The standard InChI is InChI=1S/C23H23N3O4S2/c1-29-17-9-5-6-10-18(17)30-13-19(27)25-22-21(15-7-3-2-4-8-15)26-23(32-22)31-14-20(28)24-16-11-12-16/h2-10,16H,11-14H2,1H3,(H,24,28)(H,25,27). The van der Waals surface area contributed by atoms with Crippen molar-refractivity contribution in [3.05, 3.63) is 54.6 Å². The predicted molar refractivity (Wildman–Crippen MR) is 127 cm³/mol. The van der Waals surface area contributed by atoms with Gasteiger partial charge in [0.25, 0.3) is 5.91 Å². The summed E-state index contributed by atoms with van der Waals surface area (Å²) in [6.07, 6.45) is 2.11. The summed E-state index contributed by atoms with van der Waals surface area (Å²) in [6.45, 7) is -0.168. The lowest BCUT2D eigenvalue weighted by Crippen LogP contribution is -2.26. The summed E-state index contributed by atoms with van der Waals surface area (Å²) in [5.41, 5.74) is 1.56. The normalized spacial score (nSPS) is 12.8. The molecule has 0 saturated heterocycles. The smallest absolute Gasteiger partial charge is 0.262 e. The van der Waals surface area contributed by atoms with Gasteiger partial charge in [-0.1, -0.05) is 65.6 Å². The number of ether oxygens (including phenoxy) is 2. The summed E-state index contributed by atoms with van der Waals surface area (Å²) >= 11 is 2.71. The van der Waals surface area contributed by atoms with Crippen LogP contribution in [0.15, 0.2) is 58.9 Å². The van der Waals surface area contributed by atoms with E-state index in [1.54, 1.807) is 19.2 Å². The molecule has 2 aromatic carbocycles. The summed E-state index contributed by atoms with van der Waals surface area (Å²) in [7, 11) is 1.55. The fourth-order valence-corrected chi connectivity index (χ4v) is 4.80. The molecule has 0 bridgehead atoms. The van der Waals surface area contributed by atoms with Crippen molar-refractivity contribution < 1.29 is 19.1 Å². The van der Waals surface area contributed by atoms with Gasteiger partial charge in [-0.05, 0) is 25.0 Å². The van der Waals surface area contributed by atoms with Crippen LogP contribution >= 0.6 is 23.1 Å². The van der Waals surface area contributed by atoms with E-state index in [9.17, 15) is 9.59 Å². The first-order valence-electron chi connectivity index (χ1n) is 10.2. The number of benzene rings is 2. The Morgan fingerprint density at radius 3 is 2.50 bits per heavy atom. The number of hydrogen-bond acceptors (Lipinski definition) is 7. The SMILES string of the molecule is COc1ccccc1OCC(=O)Nc1sc(SCC(=O)NC2CC2)nc1-c1ccccc1. The van der Waals surface area contributed by atoms with Crippen molar-refractivity contribution >= 4 is 39.9 Å². The highest BCUT2D eigenvalue weighted by molar-refractivity contribution is 8.01. The second kappa shape index (κ2) is 10.5. The Morgan fingerprint density at radius 2 is 1.78 bits per heavy atom. The molecule has 0 unspecified atom stereocenters. The maximum Gasteiger partial charge on any atom is 0.262 e. The van der Waals surface area contributed by atoms with Crippen molar-refractivity contribution in [3.8, 4) is 22.8 Å². The van der Waals surface area contributed by atoms with Crippen LogP contribution in [0.25, 0.3) is 11.3 Å². The molecule has 0 atom stereocenters. The molecule has 1 aliphatic carbocycles. The number of thioether (sulfide) groups is 1. The number of para-hydroxylation sites is 2. The Morgan fingerprint density at radius 1 is 1.06 bits per heavy atom. The minimum atomic E-state index is -0.306. The second-order valence-corrected chi connectivity index (χ2v) is 9.36. The topological polar surface area (TPSA) is 89.5 Å². The van der Waals surface area contributed by atoms with Crippen LogP contribution < -0.4 is 20.1 Å². The highest BCUT2D eigenvalue weighted by Crippen LogP contribution is 2.37. The van der Waals surface area contributed by atoms with Gasteiger partial charge in [0.2, 0.25) is 5.91 Å². The van der Waals surface area contributed by atoms with Gasteiger partial charge in [-0.2, -0.15) is 0 Å². The molecular weight excluding hydrogens is 446 g/mol. The molecule has 7 nitrogen and oxygen atoms in total. The Hall–Kier alpha value is -3.04. The van der Waals surface area contributed by atoms with E-state index in [-0.39, 0.29) is 18.4 Å². The van der Waals surface area contributed by atoms with Crippen molar-refractivity contribution in [2.24, 2.45) is 0 Å². The van der Waals surface area contributed by atoms with Crippen LogP contribution in [0.4, 0.5) is 5.00 Å². The molecular formula is C23H23N3O4S2. The minimum Gasteiger partial charge on any atom is -0.493 e. The highest BCUT2D eigenvalue weighted by Gasteiger charge is 2.23. The summed E-state index contributed by atoms with van der Waals surface area (Å²) in [4.78, 5) is 29.3. The monoisotopic (exact) mass is 469 g/mol. The van der Waals surface area contributed by atoms with Gasteiger partial charge in [0, 0.05) is 11.6 Å². The molecule has 0 aliphatic heterocycles. The Balaban J connectivity index is 1.44. The third kappa shape index (κ3) is 6.02. The molecule has 0 radical (unpaired) electrons. The number of carbonyl (C=O) groups is 2. The molecule has 1 fully saturated rings. The average molecular weight is 470 g/mol. The van der Waals surface area contributed by atoms with Crippen LogP contribution in [0.3, 0.4) is 0 Å². The van der Waals surface area contributed by atoms with E-state index in [2.05, 4.69) is 15.6 Å². The molecule has 2 amide bonds. The first kappa shape index (κ1) is 22.2. The fourth-order valence-electron chi connectivity index (χ4n) is 2.91. The first-order valence-corrected chi connectivity index (χ1v) is 12.0. The summed E-state index contributed by atoms with van der Waals surface area (Å²) < 4.78 is 11.6. The maximum atomic E-state index is 12.6. The van der Waals surface area contributed by atoms with Crippen LogP contribution in [0, 0.1) is 0 Å². The van der Waals surface area contributed by atoms with Crippen molar-refractivity contribution in [3.63, 3.8) is 0 Å². The Bertz CT molecular complexity index is 1080. The number of thiazole rings is 1. The van der Waals surface area contributed by atoms with Gasteiger partial charge >= 0.3 is 0 Å². The lowest BCUT2D eigenvalue weighted by molar-refractivity contribution is -0.119. The second-order valence-electron chi connectivity index (χ2n) is 7.14. The third-order valence-electron chi connectivity index (χ3n) is 4.60. The van der Waals surface area contributed by atoms with Gasteiger partial charge < -0.3 is 20.1 Å². The van der Waals surface area contributed by atoms with Crippen LogP contribution in [0.5, 0.6) is 11.5 Å². The van der Waals surface area contributed by atoms with E-state index in [0.717, 1.165) is 22.7 Å². The number of aromatic nitrogens is 1. The summed E-state index contributed by atoms with van der Waals surface area (Å²) in [5.74, 6) is 1.05. The molecule has 2 N–H and O–H groups in total. The van der Waals surface area contributed by atoms with E-state index in [4.69, 9.17) is 9.47 Å². The lowest BCUT2D eigenvalue weighted by atomic mass is 10.2. The molecule has 166 valence electrons. The minimum absolute atomic E-state index is 0.00440. The van der Waals surface area contributed by atoms with Gasteiger partial charge in [0.05, 0.1) is 12.9 Å². The van der Waals surface area contributed by atoms with Crippen molar-refractivity contribution in [1.82, 2.24) is 10.3 Å². The van der Waals surface area contributed by atoms with Gasteiger partial charge in [-0.15, -0.1) is 0 Å². The number of nitrogens with zero attached hydrogens (tertiary/aromatic N) is 1. The maximum absolute atomic E-state index is 12.6. The molecule has 4 rings (SSSR count). The van der Waals surface area contributed by atoms with Crippen molar-refractivity contribution in [2.75, 3.05) is 24.8 Å². The Labute approximate surface area is 194 Å². The van der Waals surface area contributed by atoms with Crippen molar-refractivity contribution in [1.29, 1.82) is 0 Å². The molecule has 1 aromatic heterocycles. The van der Waals surface area contributed by atoms with E-state index in [1.165, 1.54) is 23.1 Å². The van der Waals surface area contributed by atoms with Gasteiger partial charge in [-0.25, -0.2) is 4.98 Å². The number of nitrogens with one attached hydrogen (secondary N) is 2. The zero-order chi connectivity index (χ0) is 22.3. The first-order chi connectivity index (χ1) is 15.6. The number of hydrogen-bond donors (Lipinski definition) is 2. The lowest BCUT2D eigenvalue weighted by Gasteiger charge is -2.10. The number of anilines is 1. The van der Waals surface area contributed by atoms with E-state index in [0.29, 0.717) is 34.0 Å². The number of amides is 2. The average Bonchev–Trinajstić information content (AvgIpc) is 3.54. The van der Waals surface area contributed by atoms with Gasteiger partial charge in [0.15, 0.2) is 22.4 Å². The van der Waals surface area contributed by atoms with Crippen molar-refractivity contribution in [2.45, 2.75) is 23.2 Å². The van der Waals surface area contributed by atoms with Crippen LogP contribution in [0.1, 0.15) is 12.8 Å². The van der Waals surface area contributed by atoms with E-state index >= 15 is 0 Å². The Kier molecular flexibility index (Phi) is 7.28. The zero-order valence-corrected chi connectivity index (χ0v) is 19.1. The molecule has 32 heavy (non-hydrogen) atoms. The predicted octanol–water partition coefficient (Wildman–Crippen LogP) is 4.21. The van der Waals surface area contributed by atoms with E-state index in [1.807, 2.05) is 42.5 Å². The van der Waals surface area contributed by atoms with Gasteiger partial charge in [-0.3, -0.25) is 9.59 Å². The van der Waals surface area contributed by atoms with Crippen LogP contribution in [0.2, 0.25) is 0 Å². The van der Waals surface area contributed by atoms with Gasteiger partial charge in [0.1, 0.15) is 10.7 Å². The largest absolute Gasteiger partial charge is 0.493 e. The molecule has 1 aliphatic rings. The van der Waals surface area contributed by atoms with Crippen LogP contribution in [-0.2, 0) is 9.59 Å². The summed E-state index contributed by atoms with van der Waals surface area (Å²) in [5, 5.41) is 6.50. The molecule has 1 heterocycles. The highest BCUT2D eigenvalue weighted by atomic mass is 32.2. The number of methoxy groups -OCH3 is 1. The number of rotatable bonds is 10. The molecule has 1 saturated carbocycles. The zero-order valence-electron chi connectivity index (χ0n) is 17.5. The summed E-state index contributed by atoms with van der Waals surface area (Å²) in [6, 6.07) is 17.1. The number of carbonyl (C=O) groups excluding carboxylic acids is 2. The quantitative estimate of drug-likeness (QED) is 0.433. The molecule has 3 aromatic rings. The van der Waals surface area contributed by atoms with E-state index < -0.39 is 0 Å². The fraction of sp³-hybridized carbons (Fsp3) is 0.261. The molecule has 9 heteroatoms. The third-order valence-corrected chi connectivity index (χ3v) is 6.72. The molecule has 0 spiro atoms. The van der Waals surface area contributed by atoms with Crippen LogP contribution in [-0.4, -0.2) is 42.3 Å².